The molecule has 14 rings (SSSR count). The topological polar surface area (TPSA) is 89.0 Å². The van der Waals surface area contributed by atoms with Gasteiger partial charge in [0.1, 0.15) is 13.1 Å². The summed E-state index contributed by atoms with van der Waals surface area (Å²) in [5.41, 5.74) is 22.9. The number of hydrogen-bond donors (Lipinski definition) is 2. The molecule has 8 aromatic rings. The molecule has 2 fully saturated rings. The molecule has 4 N–H and O–H groups in total. The molecule has 58 heavy (non-hydrogen) atoms. The van der Waals surface area contributed by atoms with Crippen molar-refractivity contribution in [3.63, 3.8) is 0 Å². The molecule has 2 saturated heterocycles. The van der Waals surface area contributed by atoms with Crippen LogP contribution in [0.15, 0.2) is 30.3 Å². The molecule has 8 aromatic carbocycles. The van der Waals surface area contributed by atoms with Crippen LogP contribution < -0.4 is 11.5 Å². The van der Waals surface area contributed by atoms with Crippen LogP contribution in [0.5, 0.6) is 0 Å². The zero-order valence-electron chi connectivity index (χ0n) is 34.0. The Morgan fingerprint density at radius 2 is 1.09 bits per heavy atom. The standard InChI is InChI=1S/C50H54N4O4/c1-53(7-11-57-15-13-55-9-5-51)22-33-31-19-28-18-27-17-26-3-4-30-35-24-54(2,8-12-58-16-14-56-10-6-52)25-50(35)21-29-20-32(34(33)23-53)42-41(31)44-38(28)37(27)43-36(26)40(30)48-47(43)46(44)45(42)39(29)49(48)50/h3-4,17,19-20,33-35H,5-16,18,21-25,51-52H2,1-2H3/q+2. The third-order valence-corrected chi connectivity index (χ3v) is 16.9. The Hall–Kier alpha value is -3.70. The second kappa shape index (κ2) is 11.4. The first kappa shape index (κ1) is 34.1. The summed E-state index contributed by atoms with van der Waals surface area (Å²) in [4.78, 5) is 0. The van der Waals surface area contributed by atoms with Crippen LogP contribution in [0.3, 0.4) is 0 Å². The molecule has 296 valence electrons. The van der Waals surface area contributed by atoms with E-state index in [-0.39, 0.29) is 5.41 Å². The molecule has 0 bridgehead atoms. The zero-order valence-corrected chi connectivity index (χ0v) is 34.0. The molecule has 1 spiro atoms. The Balaban J connectivity index is 0.958. The van der Waals surface area contributed by atoms with Crippen LogP contribution in [-0.4, -0.2) is 128 Å². The van der Waals surface area contributed by atoms with E-state index in [0.29, 0.717) is 70.5 Å². The minimum atomic E-state index is 0.0927. The largest absolute Gasteiger partial charge is 0.378 e. The van der Waals surface area contributed by atoms with Gasteiger partial charge in [-0.05, 0) is 127 Å². The molecule has 6 unspecified atom stereocenters. The maximum atomic E-state index is 6.23. The Kier molecular flexibility index (Phi) is 6.67. The van der Waals surface area contributed by atoms with Crippen molar-refractivity contribution < 1.29 is 27.9 Å². The number of nitrogens with two attached hydrogens (primary N) is 2. The lowest BCUT2D eigenvalue weighted by molar-refractivity contribution is -0.900. The fraction of sp³-hybridized carbons (Fsp3) is 0.480. The van der Waals surface area contributed by atoms with Gasteiger partial charge >= 0.3 is 0 Å². The van der Waals surface area contributed by atoms with Gasteiger partial charge in [0.2, 0.25) is 0 Å². The van der Waals surface area contributed by atoms with Crippen molar-refractivity contribution in [3.8, 4) is 0 Å². The molecule has 0 amide bonds. The normalized spacial score (nSPS) is 28.7. The van der Waals surface area contributed by atoms with Crippen LogP contribution in [-0.2, 0) is 37.2 Å². The number of likely N-dealkylation sites (tertiary alicyclic amines) is 2. The maximum Gasteiger partial charge on any atom is 0.102 e. The lowest BCUT2D eigenvalue weighted by atomic mass is 9.65. The van der Waals surface area contributed by atoms with Crippen LogP contribution in [0, 0.1) is 0 Å². The van der Waals surface area contributed by atoms with Gasteiger partial charge in [-0.3, -0.25) is 0 Å². The quantitative estimate of drug-likeness (QED) is 0.0673. The lowest BCUT2D eigenvalue weighted by Gasteiger charge is -2.35. The average molecular weight is 775 g/mol. The van der Waals surface area contributed by atoms with E-state index in [9.17, 15) is 0 Å². The first-order chi connectivity index (χ1) is 28.4. The highest BCUT2D eigenvalue weighted by Crippen LogP contribution is 2.70. The summed E-state index contributed by atoms with van der Waals surface area (Å²) < 4.78 is 25.8. The van der Waals surface area contributed by atoms with Crippen LogP contribution in [0.4, 0.5) is 0 Å². The highest BCUT2D eigenvalue weighted by Gasteiger charge is 2.62. The molecular formula is C50H54N4O4+2. The van der Waals surface area contributed by atoms with E-state index < -0.39 is 0 Å². The molecule has 4 aliphatic carbocycles. The van der Waals surface area contributed by atoms with Gasteiger partial charge in [-0.1, -0.05) is 30.3 Å². The van der Waals surface area contributed by atoms with E-state index >= 15 is 0 Å². The predicted molar refractivity (Wildman–Crippen MR) is 233 cm³/mol. The van der Waals surface area contributed by atoms with Gasteiger partial charge in [0, 0.05) is 30.8 Å². The highest BCUT2D eigenvalue weighted by molar-refractivity contribution is 6.55. The molecule has 6 atom stereocenters. The van der Waals surface area contributed by atoms with Crippen molar-refractivity contribution >= 4 is 75.4 Å². The Morgan fingerprint density at radius 1 is 0.534 bits per heavy atom. The molecular weight excluding hydrogens is 721 g/mol. The zero-order chi connectivity index (χ0) is 38.4. The number of quaternary nitrogens is 2. The molecule has 0 saturated carbocycles. The minimum absolute atomic E-state index is 0.0927. The predicted octanol–water partition coefficient (Wildman–Crippen LogP) is 6.39. The number of fused-ring (bicyclic) bond motifs is 4. The summed E-state index contributed by atoms with van der Waals surface area (Å²) in [6, 6.07) is 13.2. The number of rotatable bonds is 16. The fourth-order valence-electron chi connectivity index (χ4n) is 15.1. The van der Waals surface area contributed by atoms with Gasteiger partial charge in [-0.25, -0.2) is 0 Å². The Bertz CT molecular complexity index is 3030. The molecule has 8 nitrogen and oxygen atoms in total. The van der Waals surface area contributed by atoms with Gasteiger partial charge in [0.05, 0.1) is 98.5 Å². The van der Waals surface area contributed by atoms with Crippen LogP contribution >= 0.6 is 0 Å². The smallest absolute Gasteiger partial charge is 0.102 e. The lowest BCUT2D eigenvalue weighted by Crippen LogP contribution is -2.46. The Labute approximate surface area is 338 Å². The summed E-state index contributed by atoms with van der Waals surface area (Å²) in [6.45, 7) is 13.1. The number of likely N-dealkylation sites (N-methyl/N-ethyl adjacent to an activating group) is 2. The average Bonchev–Trinajstić information content (AvgIpc) is 4.04. The summed E-state index contributed by atoms with van der Waals surface area (Å²) in [7, 11) is 5.03. The highest BCUT2D eigenvalue weighted by atomic mass is 16.5. The second-order valence-corrected chi connectivity index (χ2v) is 20.1. The minimum Gasteiger partial charge on any atom is -0.378 e. The maximum absolute atomic E-state index is 6.23. The van der Waals surface area contributed by atoms with Crippen LogP contribution in [0.1, 0.15) is 56.7 Å². The first-order valence-electron chi connectivity index (χ1n) is 22.3. The van der Waals surface area contributed by atoms with Crippen LogP contribution in [0.2, 0.25) is 0 Å². The molecule has 8 heteroatoms. The number of ether oxygens (including phenoxy) is 4. The molecule has 2 heterocycles. The monoisotopic (exact) mass is 774 g/mol. The first-order valence-corrected chi connectivity index (χ1v) is 22.3. The summed E-state index contributed by atoms with van der Waals surface area (Å²) in [5.74, 6) is 1.54. The van der Waals surface area contributed by atoms with Gasteiger partial charge in [-0.2, -0.15) is 0 Å². The van der Waals surface area contributed by atoms with Crippen molar-refractivity contribution in [2.45, 2.75) is 36.0 Å². The van der Waals surface area contributed by atoms with E-state index in [1.54, 1.807) is 109 Å². The van der Waals surface area contributed by atoms with Crippen molar-refractivity contribution in [2.75, 3.05) is 119 Å². The SMILES string of the molecule is C[N+]1(CCOCCOCCN)CC2c3cc4c5c6c7c8c(ccc9cc%10c%11c%12c(cc(c%13c3c5c(c%13%12)c7c%11c98)C2C1)C%10)C1C[N+](C)(CCOCCOCCN)CC61C4. The summed E-state index contributed by atoms with van der Waals surface area (Å²) in [6.07, 6.45) is 2.22. The van der Waals surface area contributed by atoms with Crippen molar-refractivity contribution in [3.05, 3.63) is 69.3 Å². The molecule has 6 aliphatic rings. The number of hydrogen-bond acceptors (Lipinski definition) is 6. The van der Waals surface area contributed by atoms with Crippen molar-refractivity contribution in [1.29, 1.82) is 0 Å². The summed E-state index contributed by atoms with van der Waals surface area (Å²) in [5, 5.41) is 22.6. The van der Waals surface area contributed by atoms with Crippen molar-refractivity contribution in [2.24, 2.45) is 11.5 Å². The summed E-state index contributed by atoms with van der Waals surface area (Å²) >= 11 is 0. The molecule has 2 aliphatic heterocycles. The second-order valence-electron chi connectivity index (χ2n) is 20.1. The van der Waals surface area contributed by atoms with Gasteiger partial charge in [0.15, 0.2) is 0 Å². The van der Waals surface area contributed by atoms with E-state index in [0.717, 1.165) is 54.7 Å². The van der Waals surface area contributed by atoms with Gasteiger partial charge < -0.3 is 39.4 Å². The van der Waals surface area contributed by atoms with Crippen molar-refractivity contribution in [1.82, 2.24) is 0 Å². The Morgan fingerprint density at radius 3 is 1.78 bits per heavy atom. The van der Waals surface area contributed by atoms with E-state index in [4.69, 9.17) is 30.4 Å². The van der Waals surface area contributed by atoms with E-state index in [2.05, 4.69) is 44.4 Å². The fourth-order valence-corrected chi connectivity index (χ4v) is 15.1. The van der Waals surface area contributed by atoms with Gasteiger partial charge in [0.25, 0.3) is 0 Å². The number of benzene rings is 6. The van der Waals surface area contributed by atoms with E-state index in [1.807, 2.05) is 0 Å². The third kappa shape index (κ3) is 3.92. The molecule has 0 aromatic heterocycles. The van der Waals surface area contributed by atoms with E-state index in [1.165, 1.54) is 25.0 Å². The molecule has 0 radical (unpaired) electrons. The number of nitrogens with zero attached hydrogens (tertiary/aromatic N) is 2. The van der Waals surface area contributed by atoms with Gasteiger partial charge in [-0.15, -0.1) is 0 Å². The van der Waals surface area contributed by atoms with Crippen LogP contribution in [0.25, 0.3) is 75.4 Å². The third-order valence-electron chi connectivity index (χ3n) is 16.9.